The fourth-order valence-electron chi connectivity index (χ4n) is 2.02. The highest BCUT2D eigenvalue weighted by atomic mass is 35.5. The Hall–Kier alpha value is -1.69. The van der Waals surface area contributed by atoms with Gasteiger partial charge in [-0.2, -0.15) is 0 Å². The van der Waals surface area contributed by atoms with Crippen LogP contribution in [0.15, 0.2) is 12.1 Å². The predicted octanol–water partition coefficient (Wildman–Crippen LogP) is 1.07. The van der Waals surface area contributed by atoms with Crippen LogP contribution in [0.1, 0.15) is 23.3 Å². The van der Waals surface area contributed by atoms with E-state index in [1.54, 1.807) is 4.90 Å². The topological polar surface area (TPSA) is 83.4 Å². The molecule has 2 rings (SSSR count). The van der Waals surface area contributed by atoms with Crippen LogP contribution >= 0.6 is 11.6 Å². The molecular weight excluding hydrogens is 258 g/mol. The number of hydrogen-bond donors (Lipinski definition) is 1. The smallest absolute Gasteiger partial charge is 0.303 e. The van der Waals surface area contributed by atoms with Gasteiger partial charge in [-0.3, -0.25) is 9.59 Å². The highest BCUT2D eigenvalue weighted by Crippen LogP contribution is 2.21. The Morgan fingerprint density at radius 2 is 2.22 bits per heavy atom. The number of halogens is 1. The molecule has 1 unspecified atom stereocenters. The Balaban J connectivity index is 1.99. The largest absolute Gasteiger partial charge is 0.481 e. The molecule has 1 aromatic rings. The molecule has 1 saturated heterocycles. The zero-order chi connectivity index (χ0) is 13.1. The van der Waals surface area contributed by atoms with Crippen LogP contribution < -0.4 is 0 Å². The fourth-order valence-corrected chi connectivity index (χ4v) is 2.12. The number of nitrogens with zero attached hydrogens (tertiary/aromatic N) is 3. The number of carbonyl (C=O) groups is 2. The van der Waals surface area contributed by atoms with Gasteiger partial charge >= 0.3 is 5.97 Å². The summed E-state index contributed by atoms with van der Waals surface area (Å²) in [4.78, 5) is 24.2. The van der Waals surface area contributed by atoms with Crippen molar-refractivity contribution in [3.05, 3.63) is 23.0 Å². The van der Waals surface area contributed by atoms with Gasteiger partial charge in [-0.05, 0) is 24.5 Å². The van der Waals surface area contributed by atoms with Crippen LogP contribution in [0.4, 0.5) is 0 Å². The van der Waals surface area contributed by atoms with E-state index in [0.29, 0.717) is 19.5 Å². The van der Waals surface area contributed by atoms with Crippen LogP contribution in [-0.2, 0) is 4.79 Å². The molecule has 1 N–H and O–H groups in total. The second kappa shape index (κ2) is 5.30. The zero-order valence-electron chi connectivity index (χ0n) is 9.54. The monoisotopic (exact) mass is 269 g/mol. The van der Waals surface area contributed by atoms with Crippen molar-refractivity contribution in [2.45, 2.75) is 12.8 Å². The van der Waals surface area contributed by atoms with Crippen LogP contribution in [0, 0.1) is 5.92 Å². The lowest BCUT2D eigenvalue weighted by atomic mass is 10.1. The molecule has 0 saturated carbocycles. The normalized spacial score (nSPS) is 18.9. The predicted molar refractivity (Wildman–Crippen MR) is 63.3 cm³/mol. The highest BCUT2D eigenvalue weighted by molar-refractivity contribution is 6.29. The van der Waals surface area contributed by atoms with E-state index < -0.39 is 5.97 Å². The second-order valence-electron chi connectivity index (χ2n) is 4.25. The first-order valence-corrected chi connectivity index (χ1v) is 5.94. The van der Waals surface area contributed by atoms with Crippen molar-refractivity contribution in [3.63, 3.8) is 0 Å². The van der Waals surface area contributed by atoms with Crippen molar-refractivity contribution >= 4 is 23.5 Å². The minimum atomic E-state index is -0.833. The van der Waals surface area contributed by atoms with E-state index in [-0.39, 0.29) is 29.1 Å². The Bertz CT molecular complexity index is 463. The average Bonchev–Trinajstić information content (AvgIpc) is 2.76. The lowest BCUT2D eigenvalue weighted by molar-refractivity contribution is -0.138. The molecule has 18 heavy (non-hydrogen) atoms. The summed E-state index contributed by atoms with van der Waals surface area (Å²) in [6.07, 6.45) is 0.801. The van der Waals surface area contributed by atoms with Gasteiger partial charge in [-0.25, -0.2) is 0 Å². The molecule has 1 aromatic heterocycles. The summed E-state index contributed by atoms with van der Waals surface area (Å²) in [6.45, 7) is 1.01. The first kappa shape index (κ1) is 12.8. The number of hydrogen-bond acceptors (Lipinski definition) is 4. The molecule has 1 aliphatic heterocycles. The quantitative estimate of drug-likeness (QED) is 0.887. The molecule has 7 heteroatoms. The van der Waals surface area contributed by atoms with Crippen LogP contribution in [0.2, 0.25) is 5.15 Å². The molecule has 2 heterocycles. The molecular formula is C11H12ClN3O3. The molecule has 0 aromatic carbocycles. The van der Waals surface area contributed by atoms with Crippen molar-refractivity contribution in [1.29, 1.82) is 0 Å². The molecule has 1 amide bonds. The van der Waals surface area contributed by atoms with E-state index in [1.807, 2.05) is 0 Å². The summed E-state index contributed by atoms with van der Waals surface area (Å²) in [5.41, 5.74) is 0.232. The van der Waals surface area contributed by atoms with E-state index in [4.69, 9.17) is 16.7 Å². The third-order valence-electron chi connectivity index (χ3n) is 2.89. The number of carboxylic acids is 1. The first-order chi connectivity index (χ1) is 8.56. The summed E-state index contributed by atoms with van der Waals surface area (Å²) in [6, 6.07) is 3.02. The molecule has 1 atom stereocenters. The SMILES string of the molecule is O=C(O)CC1CCN(C(=O)c2ccc(Cl)nn2)C1. The fraction of sp³-hybridized carbons (Fsp3) is 0.455. The number of amides is 1. The lowest BCUT2D eigenvalue weighted by Crippen LogP contribution is -2.29. The molecule has 0 spiro atoms. The second-order valence-corrected chi connectivity index (χ2v) is 4.63. The molecule has 1 fully saturated rings. The molecule has 0 radical (unpaired) electrons. The molecule has 6 nitrogen and oxygen atoms in total. The Morgan fingerprint density at radius 1 is 1.44 bits per heavy atom. The molecule has 96 valence electrons. The third kappa shape index (κ3) is 2.95. The van der Waals surface area contributed by atoms with Crippen LogP contribution in [0.5, 0.6) is 0 Å². The maximum Gasteiger partial charge on any atom is 0.303 e. The molecule has 0 aliphatic carbocycles. The van der Waals surface area contributed by atoms with Crippen LogP contribution in [-0.4, -0.2) is 45.2 Å². The van der Waals surface area contributed by atoms with E-state index in [0.717, 1.165) is 0 Å². The molecule has 1 aliphatic rings. The van der Waals surface area contributed by atoms with Crippen molar-refractivity contribution in [3.8, 4) is 0 Å². The van der Waals surface area contributed by atoms with Crippen molar-refractivity contribution in [1.82, 2.24) is 15.1 Å². The lowest BCUT2D eigenvalue weighted by Gasteiger charge is -2.15. The first-order valence-electron chi connectivity index (χ1n) is 5.56. The van der Waals surface area contributed by atoms with E-state index in [2.05, 4.69) is 10.2 Å². The number of aromatic nitrogens is 2. The van der Waals surface area contributed by atoms with Crippen LogP contribution in [0.25, 0.3) is 0 Å². The minimum absolute atomic E-state index is 0.0201. The minimum Gasteiger partial charge on any atom is -0.481 e. The third-order valence-corrected chi connectivity index (χ3v) is 3.09. The van der Waals surface area contributed by atoms with Crippen molar-refractivity contribution < 1.29 is 14.7 Å². The van der Waals surface area contributed by atoms with Gasteiger partial charge in [0.1, 0.15) is 0 Å². The van der Waals surface area contributed by atoms with Crippen LogP contribution in [0.3, 0.4) is 0 Å². The number of likely N-dealkylation sites (tertiary alicyclic amines) is 1. The summed E-state index contributed by atoms with van der Waals surface area (Å²) >= 11 is 5.59. The summed E-state index contributed by atoms with van der Waals surface area (Å²) in [5.74, 6) is -1.04. The maximum atomic E-state index is 12.0. The number of rotatable bonds is 3. The maximum absolute atomic E-state index is 12.0. The van der Waals surface area contributed by atoms with Gasteiger partial charge < -0.3 is 10.0 Å². The van der Waals surface area contributed by atoms with Crippen molar-refractivity contribution in [2.75, 3.05) is 13.1 Å². The Labute approximate surface area is 109 Å². The van der Waals surface area contributed by atoms with Gasteiger partial charge in [-0.1, -0.05) is 11.6 Å². The highest BCUT2D eigenvalue weighted by Gasteiger charge is 2.28. The zero-order valence-corrected chi connectivity index (χ0v) is 10.3. The summed E-state index contributed by atoms with van der Waals surface area (Å²) in [5, 5.41) is 16.3. The number of carboxylic acid groups (broad SMARTS) is 1. The van der Waals surface area contributed by atoms with Crippen molar-refractivity contribution in [2.24, 2.45) is 5.92 Å². The van der Waals surface area contributed by atoms with Gasteiger partial charge in [0.25, 0.3) is 5.91 Å². The van der Waals surface area contributed by atoms with Gasteiger partial charge in [-0.15, -0.1) is 10.2 Å². The van der Waals surface area contributed by atoms with Gasteiger partial charge in [0.2, 0.25) is 0 Å². The standard InChI is InChI=1S/C11H12ClN3O3/c12-9-2-1-8(13-14-9)11(18)15-4-3-7(6-15)5-10(16)17/h1-2,7H,3-6H2,(H,16,17). The van der Waals surface area contributed by atoms with E-state index >= 15 is 0 Å². The van der Waals surface area contributed by atoms with E-state index in [1.165, 1.54) is 12.1 Å². The Morgan fingerprint density at radius 3 is 2.83 bits per heavy atom. The van der Waals surface area contributed by atoms with E-state index in [9.17, 15) is 9.59 Å². The van der Waals surface area contributed by atoms with Gasteiger partial charge in [0, 0.05) is 19.5 Å². The average molecular weight is 270 g/mol. The summed E-state index contributed by atoms with van der Waals surface area (Å²) < 4.78 is 0. The summed E-state index contributed by atoms with van der Waals surface area (Å²) in [7, 11) is 0. The van der Waals surface area contributed by atoms with Gasteiger partial charge in [0.15, 0.2) is 10.8 Å². The number of aliphatic carboxylic acids is 1. The Kier molecular flexibility index (Phi) is 3.76. The number of carbonyl (C=O) groups excluding carboxylic acids is 1. The van der Waals surface area contributed by atoms with Gasteiger partial charge in [0.05, 0.1) is 0 Å². The molecule has 0 bridgehead atoms.